The number of fused-ring (bicyclic) bond motifs is 4. The van der Waals surface area contributed by atoms with Gasteiger partial charge >= 0.3 is 0 Å². The molecule has 0 N–H and O–H groups in total. The van der Waals surface area contributed by atoms with Crippen molar-refractivity contribution in [3.63, 3.8) is 0 Å². The second-order valence-electron chi connectivity index (χ2n) is 6.11. The lowest BCUT2D eigenvalue weighted by Gasteiger charge is -2.25. The highest BCUT2D eigenvalue weighted by Crippen LogP contribution is 2.53. The Kier molecular flexibility index (Phi) is 4.38. The number of carbonyl (C=O) groups is 2. The molecular formula is C21H22O4. The molecule has 0 bridgehead atoms. The lowest BCUT2D eigenvalue weighted by atomic mass is 9.76. The van der Waals surface area contributed by atoms with Crippen LogP contribution in [-0.4, -0.2) is 25.8 Å². The van der Waals surface area contributed by atoms with Crippen LogP contribution in [0.5, 0.6) is 11.5 Å². The third-order valence-corrected chi connectivity index (χ3v) is 5.01. The van der Waals surface area contributed by atoms with Gasteiger partial charge in [-0.15, -0.1) is 0 Å². The molecule has 25 heavy (non-hydrogen) atoms. The first-order valence-corrected chi connectivity index (χ1v) is 8.52. The second kappa shape index (κ2) is 6.36. The van der Waals surface area contributed by atoms with Crippen LogP contribution in [0.4, 0.5) is 0 Å². The van der Waals surface area contributed by atoms with Crippen molar-refractivity contribution in [2.75, 3.05) is 14.2 Å². The molecule has 2 aliphatic rings. The molecule has 0 saturated heterocycles. The Bertz CT molecular complexity index is 779. The van der Waals surface area contributed by atoms with Crippen molar-refractivity contribution >= 4 is 11.6 Å². The number of benzene rings is 2. The summed E-state index contributed by atoms with van der Waals surface area (Å²) in [6.45, 7) is 4.00. The largest absolute Gasteiger partial charge is 0.497 e. The molecule has 0 atom stereocenters. The average Bonchev–Trinajstić information content (AvgIpc) is 3.10. The number of rotatable bonds is 2. The average molecular weight is 338 g/mol. The molecule has 4 rings (SSSR count). The van der Waals surface area contributed by atoms with Crippen LogP contribution in [0.15, 0.2) is 36.4 Å². The standard InChI is InChI=1S/C19H16O4.C2H6/c1-22-11-3-5-13-15(7-11)19(9-17(13)20)10-18(21)14-6-4-12(23-2)8-16(14)19;1-2/h3-8H,9-10H2,1-2H3;1-2H3. The van der Waals surface area contributed by atoms with E-state index in [1.165, 1.54) is 0 Å². The predicted octanol–water partition coefficient (Wildman–Crippen LogP) is 4.19. The molecule has 4 heteroatoms. The van der Waals surface area contributed by atoms with Crippen molar-refractivity contribution in [3.05, 3.63) is 58.7 Å². The van der Waals surface area contributed by atoms with Crippen LogP contribution in [0.1, 0.15) is 58.5 Å². The molecule has 0 aliphatic heterocycles. The lowest BCUT2D eigenvalue weighted by molar-refractivity contribution is 0.0957. The van der Waals surface area contributed by atoms with E-state index < -0.39 is 5.41 Å². The zero-order chi connectivity index (χ0) is 18.2. The van der Waals surface area contributed by atoms with Gasteiger partial charge in [0.25, 0.3) is 0 Å². The number of hydrogen-bond donors (Lipinski definition) is 0. The molecule has 0 radical (unpaired) electrons. The van der Waals surface area contributed by atoms with Gasteiger partial charge in [0.1, 0.15) is 11.5 Å². The van der Waals surface area contributed by atoms with Crippen molar-refractivity contribution in [2.45, 2.75) is 32.1 Å². The van der Waals surface area contributed by atoms with E-state index in [9.17, 15) is 9.59 Å². The van der Waals surface area contributed by atoms with Crippen LogP contribution < -0.4 is 9.47 Å². The fourth-order valence-electron chi connectivity index (χ4n) is 3.91. The highest BCUT2D eigenvalue weighted by Gasteiger charge is 2.51. The Balaban J connectivity index is 0.000000880. The SMILES string of the molecule is CC.COc1ccc2c(c1)C1(CC2=O)CC(=O)c2ccc(OC)cc21. The van der Waals surface area contributed by atoms with Gasteiger partial charge in [-0.3, -0.25) is 9.59 Å². The normalized spacial score (nSPS) is 16.2. The maximum absolute atomic E-state index is 12.5. The first-order chi connectivity index (χ1) is 12.1. The van der Waals surface area contributed by atoms with E-state index in [0.717, 1.165) is 11.1 Å². The van der Waals surface area contributed by atoms with Crippen molar-refractivity contribution in [3.8, 4) is 11.5 Å². The predicted molar refractivity (Wildman–Crippen MR) is 96.0 cm³/mol. The summed E-state index contributed by atoms with van der Waals surface area (Å²) in [6, 6.07) is 11.0. The molecule has 0 amide bonds. The smallest absolute Gasteiger partial charge is 0.164 e. The summed E-state index contributed by atoms with van der Waals surface area (Å²) in [5.74, 6) is 1.54. The minimum absolute atomic E-state index is 0.0751. The summed E-state index contributed by atoms with van der Waals surface area (Å²) in [7, 11) is 3.20. The molecule has 2 aliphatic carbocycles. The Hall–Kier alpha value is -2.62. The van der Waals surface area contributed by atoms with Crippen LogP contribution in [0.25, 0.3) is 0 Å². The molecule has 0 aromatic heterocycles. The molecular weight excluding hydrogens is 316 g/mol. The van der Waals surface area contributed by atoms with Crippen LogP contribution in [0, 0.1) is 0 Å². The minimum Gasteiger partial charge on any atom is -0.497 e. The van der Waals surface area contributed by atoms with E-state index in [0.29, 0.717) is 35.5 Å². The fourth-order valence-corrected chi connectivity index (χ4v) is 3.91. The molecule has 4 nitrogen and oxygen atoms in total. The van der Waals surface area contributed by atoms with Crippen molar-refractivity contribution in [1.29, 1.82) is 0 Å². The third-order valence-electron chi connectivity index (χ3n) is 5.01. The summed E-state index contributed by atoms with van der Waals surface area (Å²) in [5, 5.41) is 0. The lowest BCUT2D eigenvalue weighted by Crippen LogP contribution is -2.22. The van der Waals surface area contributed by atoms with Gasteiger partial charge in [0.2, 0.25) is 0 Å². The van der Waals surface area contributed by atoms with E-state index in [4.69, 9.17) is 9.47 Å². The topological polar surface area (TPSA) is 52.6 Å². The zero-order valence-electron chi connectivity index (χ0n) is 15.0. The fraction of sp³-hybridized carbons (Fsp3) is 0.333. The van der Waals surface area contributed by atoms with E-state index >= 15 is 0 Å². The van der Waals surface area contributed by atoms with Gasteiger partial charge in [-0.2, -0.15) is 0 Å². The summed E-state index contributed by atoms with van der Waals surface area (Å²) in [5.41, 5.74) is 2.58. The first kappa shape index (κ1) is 17.2. The van der Waals surface area contributed by atoms with E-state index in [1.807, 2.05) is 26.0 Å². The zero-order valence-corrected chi connectivity index (χ0v) is 15.0. The Labute approximate surface area is 147 Å². The van der Waals surface area contributed by atoms with Gasteiger partial charge in [0, 0.05) is 29.4 Å². The van der Waals surface area contributed by atoms with Gasteiger partial charge in [0.15, 0.2) is 11.6 Å². The van der Waals surface area contributed by atoms with Gasteiger partial charge in [0.05, 0.1) is 14.2 Å². The minimum atomic E-state index is -0.581. The number of hydrogen-bond acceptors (Lipinski definition) is 4. The summed E-state index contributed by atoms with van der Waals surface area (Å²) < 4.78 is 10.6. The van der Waals surface area contributed by atoms with Gasteiger partial charge in [-0.25, -0.2) is 0 Å². The Morgan fingerprint density at radius 3 is 1.52 bits per heavy atom. The maximum Gasteiger partial charge on any atom is 0.164 e. The van der Waals surface area contributed by atoms with Crippen LogP contribution in [0.2, 0.25) is 0 Å². The molecule has 0 saturated carbocycles. The maximum atomic E-state index is 12.5. The molecule has 1 spiro atoms. The van der Waals surface area contributed by atoms with Crippen LogP contribution >= 0.6 is 0 Å². The van der Waals surface area contributed by atoms with Crippen molar-refractivity contribution in [1.82, 2.24) is 0 Å². The second-order valence-corrected chi connectivity index (χ2v) is 6.11. The third kappa shape index (κ3) is 2.44. The highest BCUT2D eigenvalue weighted by molar-refractivity contribution is 6.10. The Morgan fingerprint density at radius 2 is 1.16 bits per heavy atom. The summed E-state index contributed by atoms with van der Waals surface area (Å²) in [4.78, 5) is 25.0. The number of Topliss-reactive ketones (excluding diaryl/α,β-unsaturated/α-hetero) is 2. The highest BCUT2D eigenvalue weighted by atomic mass is 16.5. The van der Waals surface area contributed by atoms with E-state index in [1.54, 1.807) is 38.5 Å². The molecule has 0 heterocycles. The van der Waals surface area contributed by atoms with Crippen molar-refractivity contribution in [2.24, 2.45) is 0 Å². The summed E-state index contributed by atoms with van der Waals surface area (Å²) >= 11 is 0. The van der Waals surface area contributed by atoms with Crippen molar-refractivity contribution < 1.29 is 19.1 Å². The van der Waals surface area contributed by atoms with E-state index in [2.05, 4.69) is 0 Å². The molecule has 2 aromatic carbocycles. The Morgan fingerprint density at radius 1 is 0.760 bits per heavy atom. The quantitative estimate of drug-likeness (QED) is 0.824. The summed E-state index contributed by atoms with van der Waals surface area (Å²) in [6.07, 6.45) is 0.642. The first-order valence-electron chi connectivity index (χ1n) is 8.52. The molecule has 130 valence electrons. The van der Waals surface area contributed by atoms with Crippen LogP contribution in [0.3, 0.4) is 0 Å². The molecule has 2 aromatic rings. The molecule has 0 fully saturated rings. The number of carbonyl (C=O) groups excluding carboxylic acids is 2. The van der Waals surface area contributed by atoms with Gasteiger partial charge in [-0.05, 0) is 47.5 Å². The molecule has 0 unspecified atom stereocenters. The van der Waals surface area contributed by atoms with Crippen LogP contribution in [-0.2, 0) is 5.41 Å². The number of methoxy groups -OCH3 is 2. The number of ether oxygens (including phenoxy) is 2. The van der Waals surface area contributed by atoms with Gasteiger partial charge in [-0.1, -0.05) is 13.8 Å². The van der Waals surface area contributed by atoms with E-state index in [-0.39, 0.29) is 11.6 Å². The number of ketones is 2. The van der Waals surface area contributed by atoms with Gasteiger partial charge < -0.3 is 9.47 Å². The monoisotopic (exact) mass is 338 g/mol.